The lowest BCUT2D eigenvalue weighted by atomic mass is 9.92. The molecule has 0 atom stereocenters. The smallest absolute Gasteiger partial charge is 0.264 e. The normalized spacial score (nSPS) is 17.9. The molecule has 38 heavy (non-hydrogen) atoms. The lowest BCUT2D eigenvalue weighted by molar-refractivity contribution is 0.410. The number of nitrogens with one attached hydrogen (secondary N) is 2. The molecule has 2 heterocycles. The zero-order chi connectivity index (χ0) is 26.9. The van der Waals surface area contributed by atoms with Gasteiger partial charge in [-0.05, 0) is 80.5 Å². The van der Waals surface area contributed by atoms with Gasteiger partial charge in [0, 0.05) is 29.2 Å². The molecule has 1 saturated carbocycles. The van der Waals surface area contributed by atoms with Crippen LogP contribution in [0.5, 0.6) is 0 Å². The highest BCUT2D eigenvalue weighted by Crippen LogP contribution is 2.30. The van der Waals surface area contributed by atoms with Gasteiger partial charge in [-0.1, -0.05) is 30.7 Å². The van der Waals surface area contributed by atoms with Crippen LogP contribution in [0.15, 0.2) is 53.6 Å². The van der Waals surface area contributed by atoms with Crippen LogP contribution in [0.25, 0.3) is 22.2 Å². The minimum atomic E-state index is -3.91. The van der Waals surface area contributed by atoms with E-state index in [4.69, 9.17) is 22.3 Å². The topological polar surface area (TPSA) is 136 Å². The van der Waals surface area contributed by atoms with Crippen molar-refractivity contribution in [1.29, 1.82) is 0 Å². The lowest BCUT2D eigenvalue weighted by Gasteiger charge is -2.26. The standard InChI is InChI=1S/C27H30ClN7O2S/c1-3-17-13-18(14-19-15-30-27(32-26(17)19)31-21-10-8-20(29)9-11-21)25-16(2)12-24(33-34-25)35-38(36,37)23-7-5-4-6-22(23)28/h4-7,12-15,20-21H,3,8-11,29H2,1-2H3,(H,33,35)(H,30,31,32)/t20-,21-. The Morgan fingerprint density at radius 1 is 1.08 bits per heavy atom. The Morgan fingerprint density at radius 2 is 1.84 bits per heavy atom. The third-order valence-corrected chi connectivity index (χ3v) is 8.73. The molecule has 0 amide bonds. The third kappa shape index (κ3) is 5.57. The molecule has 1 aliphatic rings. The number of nitrogens with zero attached hydrogens (tertiary/aromatic N) is 4. The van der Waals surface area contributed by atoms with Crippen LogP contribution in [0.4, 0.5) is 11.8 Å². The number of anilines is 2. The molecule has 4 N–H and O–H groups in total. The first-order valence-corrected chi connectivity index (χ1v) is 14.5. The third-order valence-electron chi connectivity index (χ3n) is 6.87. The van der Waals surface area contributed by atoms with E-state index in [1.165, 1.54) is 12.1 Å². The first-order chi connectivity index (χ1) is 18.2. The molecule has 0 spiro atoms. The molecule has 1 fully saturated rings. The van der Waals surface area contributed by atoms with Gasteiger partial charge in [-0.15, -0.1) is 10.2 Å². The van der Waals surface area contributed by atoms with Gasteiger partial charge < -0.3 is 11.1 Å². The van der Waals surface area contributed by atoms with Crippen LogP contribution < -0.4 is 15.8 Å². The van der Waals surface area contributed by atoms with E-state index >= 15 is 0 Å². The average molecular weight is 552 g/mol. The summed E-state index contributed by atoms with van der Waals surface area (Å²) >= 11 is 6.08. The highest BCUT2D eigenvalue weighted by Gasteiger charge is 2.21. The van der Waals surface area contributed by atoms with Crippen molar-refractivity contribution in [2.24, 2.45) is 5.73 Å². The molecule has 11 heteroatoms. The van der Waals surface area contributed by atoms with E-state index in [-0.39, 0.29) is 15.7 Å². The maximum absolute atomic E-state index is 12.8. The molecular weight excluding hydrogens is 522 g/mol. The molecular formula is C27H30ClN7O2S. The number of aryl methyl sites for hydroxylation is 2. The number of hydrogen-bond donors (Lipinski definition) is 3. The van der Waals surface area contributed by atoms with Crippen LogP contribution in [-0.2, 0) is 16.4 Å². The van der Waals surface area contributed by atoms with Crippen LogP contribution >= 0.6 is 11.6 Å². The summed E-state index contributed by atoms with van der Waals surface area (Å²) in [7, 11) is -3.91. The number of hydrogen-bond acceptors (Lipinski definition) is 8. The van der Waals surface area contributed by atoms with Gasteiger partial charge in [-0.2, -0.15) is 0 Å². The first kappa shape index (κ1) is 26.3. The first-order valence-electron chi connectivity index (χ1n) is 12.7. The zero-order valence-electron chi connectivity index (χ0n) is 21.3. The van der Waals surface area contributed by atoms with Gasteiger partial charge in [-0.25, -0.2) is 18.4 Å². The van der Waals surface area contributed by atoms with Crippen molar-refractivity contribution in [1.82, 2.24) is 20.2 Å². The molecule has 0 aliphatic heterocycles. The number of sulfonamides is 1. The maximum Gasteiger partial charge on any atom is 0.264 e. The van der Waals surface area contributed by atoms with Gasteiger partial charge in [-0.3, -0.25) is 4.72 Å². The largest absolute Gasteiger partial charge is 0.351 e. The predicted octanol–water partition coefficient (Wildman–Crippen LogP) is 5.09. The van der Waals surface area contributed by atoms with Crippen molar-refractivity contribution in [2.75, 3.05) is 10.0 Å². The number of benzene rings is 2. The van der Waals surface area contributed by atoms with E-state index in [0.717, 1.165) is 59.7 Å². The van der Waals surface area contributed by atoms with Gasteiger partial charge in [0.05, 0.1) is 16.2 Å². The Hall–Kier alpha value is -3.34. The lowest BCUT2D eigenvalue weighted by Crippen LogP contribution is -2.33. The second-order valence-electron chi connectivity index (χ2n) is 9.67. The van der Waals surface area contributed by atoms with Crippen molar-refractivity contribution >= 4 is 44.3 Å². The number of halogens is 1. The summed E-state index contributed by atoms with van der Waals surface area (Å²) in [6, 6.07) is 12.6. The van der Waals surface area contributed by atoms with Gasteiger partial charge in [0.1, 0.15) is 4.90 Å². The molecule has 2 aromatic carbocycles. The fourth-order valence-electron chi connectivity index (χ4n) is 4.82. The molecule has 0 unspecified atom stereocenters. The fourth-order valence-corrected chi connectivity index (χ4v) is 6.32. The quantitative estimate of drug-likeness (QED) is 0.289. The fraction of sp³-hybridized carbons (Fsp3) is 0.333. The predicted molar refractivity (Wildman–Crippen MR) is 151 cm³/mol. The summed E-state index contributed by atoms with van der Waals surface area (Å²) < 4.78 is 28.1. The Morgan fingerprint density at radius 3 is 2.55 bits per heavy atom. The van der Waals surface area contributed by atoms with Gasteiger partial charge in [0.15, 0.2) is 5.82 Å². The van der Waals surface area contributed by atoms with E-state index in [0.29, 0.717) is 23.7 Å². The number of rotatable bonds is 7. The molecule has 198 valence electrons. The van der Waals surface area contributed by atoms with Gasteiger partial charge in [0.2, 0.25) is 5.95 Å². The van der Waals surface area contributed by atoms with Crippen LogP contribution in [0.3, 0.4) is 0 Å². The minimum absolute atomic E-state index is 0.0202. The summed E-state index contributed by atoms with van der Waals surface area (Å²) in [5.41, 5.74) is 10.3. The molecule has 1 aliphatic carbocycles. The van der Waals surface area contributed by atoms with Crippen molar-refractivity contribution in [3.05, 3.63) is 64.8 Å². The molecule has 0 saturated heterocycles. The highest BCUT2D eigenvalue weighted by atomic mass is 35.5. The Bertz CT molecular complexity index is 1590. The van der Waals surface area contributed by atoms with Gasteiger partial charge in [0.25, 0.3) is 10.0 Å². The van der Waals surface area contributed by atoms with Crippen molar-refractivity contribution < 1.29 is 8.42 Å². The minimum Gasteiger partial charge on any atom is -0.351 e. The van der Waals surface area contributed by atoms with Crippen LogP contribution in [0.2, 0.25) is 5.02 Å². The summed E-state index contributed by atoms with van der Waals surface area (Å²) in [6.07, 6.45) is 6.66. The Kier molecular flexibility index (Phi) is 7.47. The highest BCUT2D eigenvalue weighted by molar-refractivity contribution is 7.92. The molecule has 4 aromatic rings. The summed E-state index contributed by atoms with van der Waals surface area (Å²) in [6.45, 7) is 3.95. The summed E-state index contributed by atoms with van der Waals surface area (Å²) in [5, 5.41) is 13.0. The average Bonchev–Trinajstić information content (AvgIpc) is 2.89. The second-order valence-corrected chi connectivity index (χ2v) is 11.7. The maximum atomic E-state index is 12.8. The molecule has 9 nitrogen and oxygen atoms in total. The molecule has 0 bridgehead atoms. The summed E-state index contributed by atoms with van der Waals surface area (Å²) in [5.74, 6) is 0.747. The Balaban J connectivity index is 1.41. The zero-order valence-corrected chi connectivity index (χ0v) is 22.9. The second kappa shape index (κ2) is 10.8. The van der Waals surface area contributed by atoms with E-state index in [9.17, 15) is 8.42 Å². The van der Waals surface area contributed by atoms with E-state index in [2.05, 4.69) is 38.2 Å². The van der Waals surface area contributed by atoms with E-state index in [1.54, 1.807) is 18.2 Å². The Labute approximate surface area is 227 Å². The SMILES string of the molecule is CCc1cc(-c2nnc(NS(=O)(=O)c3ccccc3Cl)cc2C)cc2cnc(N[C@H]3CC[C@H](N)CC3)nc12. The molecule has 0 radical (unpaired) electrons. The van der Waals surface area contributed by atoms with E-state index in [1.807, 2.05) is 19.2 Å². The van der Waals surface area contributed by atoms with Crippen molar-refractivity contribution in [3.63, 3.8) is 0 Å². The van der Waals surface area contributed by atoms with Crippen LogP contribution in [-0.4, -0.2) is 40.7 Å². The van der Waals surface area contributed by atoms with Crippen molar-refractivity contribution in [3.8, 4) is 11.3 Å². The van der Waals surface area contributed by atoms with Crippen LogP contribution in [0.1, 0.15) is 43.7 Å². The number of nitrogens with two attached hydrogens (primary N) is 1. The van der Waals surface area contributed by atoms with Gasteiger partial charge >= 0.3 is 0 Å². The van der Waals surface area contributed by atoms with E-state index < -0.39 is 10.0 Å². The monoisotopic (exact) mass is 551 g/mol. The summed E-state index contributed by atoms with van der Waals surface area (Å²) in [4.78, 5) is 9.38. The number of fused-ring (bicyclic) bond motifs is 1. The van der Waals surface area contributed by atoms with Crippen molar-refractivity contribution in [2.45, 2.75) is 62.9 Å². The number of aromatic nitrogens is 4. The van der Waals surface area contributed by atoms with Crippen LogP contribution in [0, 0.1) is 6.92 Å². The molecule has 2 aromatic heterocycles. The molecule has 5 rings (SSSR count).